The Balaban J connectivity index is 0.000000514. The van der Waals surface area contributed by atoms with Gasteiger partial charge >= 0.3 is 0 Å². The molecule has 1 heterocycles. The monoisotopic (exact) mass is 223 g/mol. The smallest absolute Gasteiger partial charge is 0.0457 e. The first-order valence-electron chi connectivity index (χ1n) is 6.07. The molecular formula is C16H17N. The SMILES string of the molecule is C1=Cc2ccccc2Nc2ccccc21.CC. The number of para-hydroxylation sites is 2. The van der Waals surface area contributed by atoms with Crippen LogP contribution in [0.25, 0.3) is 12.2 Å². The first-order chi connectivity index (χ1) is 8.43. The van der Waals surface area contributed by atoms with Crippen LogP contribution in [0.3, 0.4) is 0 Å². The number of nitrogens with one attached hydrogen (secondary N) is 1. The highest BCUT2D eigenvalue weighted by Gasteiger charge is 2.05. The van der Waals surface area contributed by atoms with Gasteiger partial charge in [-0.2, -0.15) is 0 Å². The van der Waals surface area contributed by atoms with E-state index in [0.717, 1.165) is 0 Å². The summed E-state index contributed by atoms with van der Waals surface area (Å²) in [7, 11) is 0. The average molecular weight is 223 g/mol. The highest BCUT2D eigenvalue weighted by molar-refractivity contribution is 5.87. The molecule has 1 nitrogen and oxygen atoms in total. The van der Waals surface area contributed by atoms with Crippen molar-refractivity contribution in [2.24, 2.45) is 0 Å². The van der Waals surface area contributed by atoms with Gasteiger partial charge in [-0.1, -0.05) is 62.4 Å². The van der Waals surface area contributed by atoms with Crippen LogP contribution in [-0.4, -0.2) is 0 Å². The predicted octanol–water partition coefficient (Wildman–Crippen LogP) is 4.94. The van der Waals surface area contributed by atoms with E-state index in [-0.39, 0.29) is 0 Å². The number of hydrogen-bond acceptors (Lipinski definition) is 1. The van der Waals surface area contributed by atoms with Crippen molar-refractivity contribution in [1.29, 1.82) is 0 Å². The topological polar surface area (TPSA) is 12.0 Å². The molecule has 0 spiro atoms. The van der Waals surface area contributed by atoms with Crippen molar-refractivity contribution in [3.8, 4) is 0 Å². The fraction of sp³-hybridized carbons (Fsp3) is 0.125. The lowest BCUT2D eigenvalue weighted by atomic mass is 10.1. The first-order valence-corrected chi connectivity index (χ1v) is 6.07. The average Bonchev–Trinajstić information content (AvgIpc) is 2.60. The summed E-state index contributed by atoms with van der Waals surface area (Å²) in [6.07, 6.45) is 4.29. The third kappa shape index (κ3) is 2.39. The molecule has 1 N–H and O–H groups in total. The minimum Gasteiger partial charge on any atom is -0.355 e. The van der Waals surface area contributed by atoms with Crippen LogP contribution in [0.5, 0.6) is 0 Å². The maximum Gasteiger partial charge on any atom is 0.0457 e. The van der Waals surface area contributed by atoms with Gasteiger partial charge in [-0.3, -0.25) is 0 Å². The molecule has 3 rings (SSSR count). The second-order valence-electron chi connectivity index (χ2n) is 3.63. The summed E-state index contributed by atoms with van der Waals surface area (Å²) in [5, 5.41) is 3.44. The molecule has 0 amide bonds. The molecule has 17 heavy (non-hydrogen) atoms. The molecule has 0 atom stereocenters. The van der Waals surface area contributed by atoms with Crippen molar-refractivity contribution in [3.05, 3.63) is 59.7 Å². The fourth-order valence-corrected chi connectivity index (χ4v) is 1.84. The van der Waals surface area contributed by atoms with E-state index in [1.165, 1.54) is 22.5 Å². The summed E-state index contributed by atoms with van der Waals surface area (Å²) >= 11 is 0. The van der Waals surface area contributed by atoms with E-state index in [1.54, 1.807) is 0 Å². The van der Waals surface area contributed by atoms with Gasteiger partial charge in [0.05, 0.1) is 0 Å². The molecule has 0 fully saturated rings. The van der Waals surface area contributed by atoms with Crippen molar-refractivity contribution in [1.82, 2.24) is 0 Å². The number of anilines is 2. The lowest BCUT2D eigenvalue weighted by molar-refractivity contribution is 1.50. The molecule has 1 heteroatoms. The van der Waals surface area contributed by atoms with Gasteiger partial charge in [0.25, 0.3) is 0 Å². The minimum atomic E-state index is 1.17. The Morgan fingerprint density at radius 2 is 1.06 bits per heavy atom. The highest BCUT2D eigenvalue weighted by Crippen LogP contribution is 2.29. The Bertz CT molecular complexity index is 479. The third-order valence-corrected chi connectivity index (χ3v) is 2.63. The zero-order valence-electron chi connectivity index (χ0n) is 10.3. The molecule has 1 aliphatic rings. The summed E-state index contributed by atoms with van der Waals surface area (Å²) in [6, 6.07) is 16.6. The summed E-state index contributed by atoms with van der Waals surface area (Å²) in [5.41, 5.74) is 4.79. The molecule has 0 unspecified atom stereocenters. The van der Waals surface area contributed by atoms with Crippen molar-refractivity contribution >= 4 is 23.5 Å². The zero-order chi connectivity index (χ0) is 12.1. The second-order valence-corrected chi connectivity index (χ2v) is 3.63. The highest BCUT2D eigenvalue weighted by atomic mass is 14.9. The zero-order valence-corrected chi connectivity index (χ0v) is 10.3. The number of hydrogen-bond donors (Lipinski definition) is 1. The number of benzene rings is 2. The molecule has 2 aromatic rings. The van der Waals surface area contributed by atoms with Crippen LogP contribution < -0.4 is 5.32 Å². The maximum absolute atomic E-state index is 3.44. The van der Waals surface area contributed by atoms with Gasteiger partial charge in [0.1, 0.15) is 0 Å². The van der Waals surface area contributed by atoms with Gasteiger partial charge in [0.2, 0.25) is 0 Å². The Labute approximate surface area is 103 Å². The summed E-state index contributed by atoms with van der Waals surface area (Å²) in [6.45, 7) is 4.00. The predicted molar refractivity (Wildman–Crippen MR) is 76.4 cm³/mol. The summed E-state index contributed by atoms with van der Waals surface area (Å²) < 4.78 is 0. The van der Waals surface area contributed by atoms with E-state index in [4.69, 9.17) is 0 Å². The number of fused-ring (bicyclic) bond motifs is 2. The Hall–Kier alpha value is -2.02. The van der Waals surface area contributed by atoms with Crippen LogP contribution in [0.4, 0.5) is 11.4 Å². The molecule has 0 saturated carbocycles. The van der Waals surface area contributed by atoms with Gasteiger partial charge < -0.3 is 5.32 Å². The van der Waals surface area contributed by atoms with Gasteiger partial charge in [-0.25, -0.2) is 0 Å². The van der Waals surface area contributed by atoms with E-state index < -0.39 is 0 Å². The molecule has 86 valence electrons. The van der Waals surface area contributed by atoms with E-state index in [9.17, 15) is 0 Å². The molecule has 1 aliphatic heterocycles. The van der Waals surface area contributed by atoms with Crippen molar-refractivity contribution in [2.75, 3.05) is 5.32 Å². The van der Waals surface area contributed by atoms with Gasteiger partial charge in [-0.15, -0.1) is 0 Å². The fourth-order valence-electron chi connectivity index (χ4n) is 1.84. The van der Waals surface area contributed by atoms with Gasteiger partial charge in [0.15, 0.2) is 0 Å². The van der Waals surface area contributed by atoms with Gasteiger partial charge in [-0.05, 0) is 23.3 Å². The first kappa shape index (κ1) is 11.5. The van der Waals surface area contributed by atoms with Crippen LogP contribution >= 0.6 is 0 Å². The molecular weight excluding hydrogens is 206 g/mol. The van der Waals surface area contributed by atoms with Crippen LogP contribution in [0.15, 0.2) is 48.5 Å². The van der Waals surface area contributed by atoms with E-state index in [2.05, 4.69) is 53.9 Å². The van der Waals surface area contributed by atoms with Crippen LogP contribution in [0, 0.1) is 0 Å². The van der Waals surface area contributed by atoms with Crippen molar-refractivity contribution < 1.29 is 0 Å². The van der Waals surface area contributed by atoms with E-state index in [1.807, 2.05) is 26.0 Å². The standard InChI is InChI=1S/C14H11N.C2H6/c1-3-7-13-11(5-1)9-10-12-6-2-4-8-14(12)15-13;1-2/h1-10,15H;1-2H3. The molecule has 0 aliphatic carbocycles. The molecule has 0 bridgehead atoms. The Morgan fingerprint density at radius 1 is 0.647 bits per heavy atom. The van der Waals surface area contributed by atoms with Crippen molar-refractivity contribution in [2.45, 2.75) is 13.8 Å². The van der Waals surface area contributed by atoms with E-state index >= 15 is 0 Å². The van der Waals surface area contributed by atoms with E-state index in [0.29, 0.717) is 0 Å². The maximum atomic E-state index is 3.44. The lowest BCUT2D eigenvalue weighted by Gasteiger charge is -2.08. The van der Waals surface area contributed by atoms with Crippen LogP contribution in [0.1, 0.15) is 25.0 Å². The Morgan fingerprint density at radius 3 is 1.53 bits per heavy atom. The second kappa shape index (κ2) is 5.35. The van der Waals surface area contributed by atoms with Crippen molar-refractivity contribution in [3.63, 3.8) is 0 Å². The largest absolute Gasteiger partial charge is 0.355 e. The third-order valence-electron chi connectivity index (χ3n) is 2.63. The normalized spacial score (nSPS) is 11.2. The van der Waals surface area contributed by atoms with Crippen LogP contribution in [0.2, 0.25) is 0 Å². The quantitative estimate of drug-likeness (QED) is 0.569. The molecule has 0 radical (unpaired) electrons. The minimum absolute atomic E-state index is 1.17. The molecule has 0 saturated heterocycles. The number of rotatable bonds is 0. The summed E-state index contributed by atoms with van der Waals surface area (Å²) in [5.74, 6) is 0. The summed E-state index contributed by atoms with van der Waals surface area (Å²) in [4.78, 5) is 0. The lowest BCUT2D eigenvalue weighted by Crippen LogP contribution is -1.92. The van der Waals surface area contributed by atoms with Gasteiger partial charge in [0, 0.05) is 11.4 Å². The Kier molecular flexibility index (Phi) is 3.61. The molecule has 0 aromatic heterocycles. The van der Waals surface area contributed by atoms with Crippen LogP contribution in [-0.2, 0) is 0 Å². The molecule has 2 aromatic carbocycles.